The molecule has 5 heterocycles. The van der Waals surface area contributed by atoms with Crippen LogP contribution in [0.4, 0.5) is 30.4 Å². The standard InChI is InChI=1S/C31H42BrF3N8O2/c1-22-24(36-7-10-40-8-3-4-9-40)16-23(45-20-31(35,18-33)19-34)17-25(22)41-11-13-42(14-12-41)29-27-28(32)39-43(30(27)38-21-37-29)26-6-2-5-15-44-26/h16-17,21,26,36H,2-15,18-20H2,1H3. The second kappa shape index (κ2) is 14.3. The SMILES string of the molecule is Cc1c(NCCN2CCCC2)cc(OCC(F)(CF)CF)cc1N1CCN(c2ncnc3c2c(Br)nn3C2CCCCO2)CC1. The van der Waals surface area contributed by atoms with Crippen LogP contribution in [0, 0.1) is 6.92 Å². The Kier molecular flexibility index (Phi) is 10.2. The summed E-state index contributed by atoms with van der Waals surface area (Å²) in [6, 6.07) is 3.65. The molecule has 10 nitrogen and oxygen atoms in total. The number of aromatic nitrogens is 4. The fourth-order valence-corrected chi connectivity index (χ4v) is 6.91. The van der Waals surface area contributed by atoms with Crippen LogP contribution in [0.5, 0.6) is 5.75 Å². The molecule has 1 unspecified atom stereocenters. The Balaban J connectivity index is 1.20. The minimum atomic E-state index is -2.66. The summed E-state index contributed by atoms with van der Waals surface area (Å²) in [7, 11) is 0. The van der Waals surface area contributed by atoms with Gasteiger partial charge in [-0.3, -0.25) is 0 Å². The number of rotatable bonds is 12. The minimum Gasteiger partial charge on any atom is -0.490 e. The van der Waals surface area contributed by atoms with Gasteiger partial charge in [0.1, 0.15) is 42.5 Å². The fraction of sp³-hybridized carbons (Fsp3) is 0.645. The number of nitrogens with zero attached hydrogens (tertiary/aromatic N) is 7. The summed E-state index contributed by atoms with van der Waals surface area (Å²) in [6.07, 6.45) is 6.93. The van der Waals surface area contributed by atoms with E-state index in [4.69, 9.17) is 14.6 Å². The maximum absolute atomic E-state index is 14.5. The van der Waals surface area contributed by atoms with Crippen LogP contribution in [-0.4, -0.2) is 109 Å². The van der Waals surface area contributed by atoms with Crippen molar-refractivity contribution in [2.75, 3.05) is 94.0 Å². The number of benzene rings is 1. The van der Waals surface area contributed by atoms with E-state index in [1.807, 2.05) is 10.7 Å². The van der Waals surface area contributed by atoms with Crippen LogP contribution < -0.4 is 19.9 Å². The van der Waals surface area contributed by atoms with E-state index in [0.29, 0.717) is 43.1 Å². The molecule has 1 N–H and O–H groups in total. The highest BCUT2D eigenvalue weighted by molar-refractivity contribution is 9.10. The predicted molar refractivity (Wildman–Crippen MR) is 173 cm³/mol. The number of fused-ring (bicyclic) bond motifs is 1. The van der Waals surface area contributed by atoms with Gasteiger partial charge in [-0.15, -0.1) is 0 Å². The Labute approximate surface area is 270 Å². The van der Waals surface area contributed by atoms with Crippen LogP contribution in [0.25, 0.3) is 11.0 Å². The van der Waals surface area contributed by atoms with Gasteiger partial charge in [-0.1, -0.05) is 0 Å². The minimum absolute atomic E-state index is 0.139. The molecule has 3 fully saturated rings. The number of ether oxygens (including phenoxy) is 2. The molecule has 14 heteroatoms. The van der Waals surface area contributed by atoms with Crippen molar-refractivity contribution >= 4 is 44.2 Å². The van der Waals surface area contributed by atoms with Gasteiger partial charge in [0, 0.05) is 69.4 Å². The number of likely N-dealkylation sites (tertiary alicyclic amines) is 1. The largest absolute Gasteiger partial charge is 0.490 e. The monoisotopic (exact) mass is 694 g/mol. The summed E-state index contributed by atoms with van der Waals surface area (Å²) in [5.41, 5.74) is 0.941. The highest BCUT2D eigenvalue weighted by Crippen LogP contribution is 2.37. The molecule has 3 aromatic rings. The van der Waals surface area contributed by atoms with Crippen LogP contribution in [-0.2, 0) is 4.74 Å². The van der Waals surface area contributed by atoms with Gasteiger partial charge in [0.15, 0.2) is 11.9 Å². The Morgan fingerprint density at radius 2 is 1.78 bits per heavy atom. The summed E-state index contributed by atoms with van der Waals surface area (Å²) in [4.78, 5) is 16.2. The molecule has 0 spiro atoms. The summed E-state index contributed by atoms with van der Waals surface area (Å²) in [5.74, 6) is 1.20. The molecule has 3 aliphatic heterocycles. The number of anilines is 3. The van der Waals surface area contributed by atoms with Crippen molar-refractivity contribution in [3.05, 3.63) is 28.6 Å². The quantitative estimate of drug-likeness (QED) is 0.266. The van der Waals surface area contributed by atoms with Crippen LogP contribution in [0.3, 0.4) is 0 Å². The molecular formula is C31H42BrF3N8O2. The number of piperazine rings is 1. The number of alkyl halides is 3. The Morgan fingerprint density at radius 3 is 2.49 bits per heavy atom. The van der Waals surface area contributed by atoms with Crippen LogP contribution in [0.1, 0.15) is 43.9 Å². The van der Waals surface area contributed by atoms with Crippen molar-refractivity contribution in [2.45, 2.75) is 50.9 Å². The molecule has 1 aromatic carbocycles. The van der Waals surface area contributed by atoms with E-state index < -0.39 is 25.6 Å². The molecule has 2 aromatic heterocycles. The van der Waals surface area contributed by atoms with Gasteiger partial charge in [-0.25, -0.2) is 27.8 Å². The first-order valence-corrected chi connectivity index (χ1v) is 16.7. The first kappa shape index (κ1) is 32.1. The van der Waals surface area contributed by atoms with E-state index in [9.17, 15) is 13.2 Å². The fourth-order valence-electron chi connectivity index (χ4n) is 6.38. The van der Waals surface area contributed by atoms with Gasteiger partial charge >= 0.3 is 0 Å². The summed E-state index contributed by atoms with van der Waals surface area (Å²) in [6.45, 7) is 5.86. The number of hydrogen-bond acceptors (Lipinski definition) is 9. The van der Waals surface area contributed by atoms with E-state index >= 15 is 0 Å². The lowest BCUT2D eigenvalue weighted by Gasteiger charge is -2.38. The van der Waals surface area contributed by atoms with E-state index in [-0.39, 0.29) is 6.23 Å². The molecule has 6 rings (SSSR count). The number of halogens is 4. The lowest BCUT2D eigenvalue weighted by atomic mass is 10.1. The molecule has 3 aliphatic rings. The predicted octanol–water partition coefficient (Wildman–Crippen LogP) is 5.46. The van der Waals surface area contributed by atoms with Gasteiger partial charge in [-0.05, 0) is 73.6 Å². The van der Waals surface area contributed by atoms with Crippen molar-refractivity contribution in [2.24, 2.45) is 0 Å². The van der Waals surface area contributed by atoms with Gasteiger partial charge in [0.05, 0.1) is 5.39 Å². The number of nitrogens with one attached hydrogen (secondary N) is 1. The third-order valence-corrected chi connectivity index (χ3v) is 9.60. The molecule has 3 saturated heterocycles. The Bertz CT molecular complexity index is 1440. The molecule has 0 radical (unpaired) electrons. The van der Waals surface area contributed by atoms with Crippen LogP contribution >= 0.6 is 15.9 Å². The van der Waals surface area contributed by atoms with Crippen molar-refractivity contribution in [1.82, 2.24) is 24.6 Å². The van der Waals surface area contributed by atoms with Crippen LogP contribution in [0.2, 0.25) is 0 Å². The Morgan fingerprint density at radius 1 is 1.02 bits per heavy atom. The molecular weight excluding hydrogens is 653 g/mol. The normalized spacial score (nSPS) is 19.9. The van der Waals surface area contributed by atoms with Gasteiger partial charge < -0.3 is 29.5 Å². The highest BCUT2D eigenvalue weighted by Gasteiger charge is 2.32. The lowest BCUT2D eigenvalue weighted by Crippen LogP contribution is -2.47. The molecule has 1 atom stereocenters. The van der Waals surface area contributed by atoms with Gasteiger partial charge in [0.2, 0.25) is 5.67 Å². The number of hydrogen-bond donors (Lipinski definition) is 1. The Hall–Kier alpha value is -2.84. The molecule has 0 saturated carbocycles. The maximum Gasteiger partial charge on any atom is 0.200 e. The van der Waals surface area contributed by atoms with Gasteiger partial charge in [-0.2, -0.15) is 5.10 Å². The van der Waals surface area contributed by atoms with Crippen LogP contribution in [0.15, 0.2) is 23.1 Å². The smallest absolute Gasteiger partial charge is 0.200 e. The molecule has 0 bridgehead atoms. The zero-order valence-corrected chi connectivity index (χ0v) is 27.4. The highest BCUT2D eigenvalue weighted by atomic mass is 79.9. The first-order valence-electron chi connectivity index (χ1n) is 15.9. The second-order valence-electron chi connectivity index (χ2n) is 12.2. The van der Waals surface area contributed by atoms with E-state index in [1.54, 1.807) is 12.4 Å². The van der Waals surface area contributed by atoms with E-state index in [0.717, 1.165) is 79.2 Å². The molecule has 0 amide bonds. The van der Waals surface area contributed by atoms with Gasteiger partial charge in [0.25, 0.3) is 0 Å². The van der Waals surface area contributed by atoms with Crippen molar-refractivity contribution in [3.8, 4) is 5.75 Å². The average molecular weight is 696 g/mol. The van der Waals surface area contributed by atoms with E-state index in [1.165, 1.54) is 12.8 Å². The van der Waals surface area contributed by atoms with Crippen molar-refractivity contribution < 1.29 is 22.6 Å². The zero-order chi connectivity index (χ0) is 31.4. The third kappa shape index (κ3) is 7.12. The van der Waals surface area contributed by atoms with E-state index in [2.05, 4.69) is 52.8 Å². The second-order valence-corrected chi connectivity index (χ2v) is 13.0. The molecule has 45 heavy (non-hydrogen) atoms. The average Bonchev–Trinajstić information content (AvgIpc) is 3.73. The third-order valence-electron chi connectivity index (χ3n) is 9.05. The van der Waals surface area contributed by atoms with Crippen molar-refractivity contribution in [1.29, 1.82) is 0 Å². The topological polar surface area (TPSA) is 83.8 Å². The summed E-state index contributed by atoms with van der Waals surface area (Å²) >= 11 is 3.65. The summed E-state index contributed by atoms with van der Waals surface area (Å²) < 4.78 is 55.1. The lowest BCUT2D eigenvalue weighted by molar-refractivity contribution is -0.0371. The zero-order valence-electron chi connectivity index (χ0n) is 25.8. The maximum atomic E-state index is 14.5. The van der Waals surface area contributed by atoms with Crippen molar-refractivity contribution in [3.63, 3.8) is 0 Å². The molecule has 0 aliphatic carbocycles. The first-order chi connectivity index (χ1) is 21.9. The molecule has 246 valence electrons. The summed E-state index contributed by atoms with van der Waals surface area (Å²) in [5, 5.41) is 9.13.